The third kappa shape index (κ3) is 6.31. The molecule has 0 fully saturated rings. The molecule has 0 heterocycles. The number of rotatable bonds is 5. The second-order valence-corrected chi connectivity index (χ2v) is 3.37. The van der Waals surface area contributed by atoms with Crippen LogP contribution in [0.5, 0.6) is 0 Å². The first-order valence-electron chi connectivity index (χ1n) is 4.69. The molecule has 0 aromatic heterocycles. The SMILES string of the molecule is CCC(/C=C(/F)CC(C)C)=N\NC. The highest BCUT2D eigenvalue weighted by molar-refractivity contribution is 5.94. The van der Waals surface area contributed by atoms with Gasteiger partial charge in [-0.05, 0) is 18.4 Å². The van der Waals surface area contributed by atoms with Crippen LogP contribution >= 0.6 is 0 Å². The molecule has 0 aliphatic heterocycles. The van der Waals surface area contributed by atoms with E-state index in [9.17, 15) is 4.39 Å². The third-order valence-electron chi connectivity index (χ3n) is 1.54. The van der Waals surface area contributed by atoms with E-state index in [1.807, 2.05) is 20.8 Å². The van der Waals surface area contributed by atoms with E-state index in [0.717, 1.165) is 12.1 Å². The third-order valence-corrected chi connectivity index (χ3v) is 1.54. The molecule has 0 unspecified atom stereocenters. The van der Waals surface area contributed by atoms with Crippen LogP contribution in [-0.2, 0) is 0 Å². The fourth-order valence-electron chi connectivity index (χ4n) is 0.987. The molecule has 76 valence electrons. The average Bonchev–Trinajstić information content (AvgIpc) is 2.02. The van der Waals surface area contributed by atoms with Gasteiger partial charge in [-0.2, -0.15) is 5.10 Å². The zero-order valence-corrected chi connectivity index (χ0v) is 8.89. The Labute approximate surface area is 79.9 Å². The highest BCUT2D eigenvalue weighted by atomic mass is 19.1. The Bertz CT molecular complexity index is 195. The van der Waals surface area contributed by atoms with Crippen molar-refractivity contribution in [3.8, 4) is 0 Å². The van der Waals surface area contributed by atoms with Crippen molar-refractivity contribution in [2.24, 2.45) is 11.0 Å². The van der Waals surface area contributed by atoms with Gasteiger partial charge in [-0.1, -0.05) is 20.8 Å². The van der Waals surface area contributed by atoms with Crippen molar-refractivity contribution < 1.29 is 4.39 Å². The van der Waals surface area contributed by atoms with E-state index in [0.29, 0.717) is 12.3 Å². The van der Waals surface area contributed by atoms with Gasteiger partial charge in [-0.25, -0.2) is 4.39 Å². The molecular formula is C10H19FN2. The molecule has 0 saturated heterocycles. The fraction of sp³-hybridized carbons (Fsp3) is 0.700. The summed E-state index contributed by atoms with van der Waals surface area (Å²) in [5, 5.41) is 3.94. The van der Waals surface area contributed by atoms with Crippen LogP contribution in [0.15, 0.2) is 17.0 Å². The van der Waals surface area contributed by atoms with E-state index in [-0.39, 0.29) is 5.83 Å². The molecule has 0 atom stereocenters. The van der Waals surface area contributed by atoms with E-state index < -0.39 is 0 Å². The van der Waals surface area contributed by atoms with Crippen LogP contribution in [0.2, 0.25) is 0 Å². The smallest absolute Gasteiger partial charge is 0.102 e. The van der Waals surface area contributed by atoms with E-state index in [1.54, 1.807) is 7.05 Å². The number of hydrazone groups is 1. The van der Waals surface area contributed by atoms with Crippen molar-refractivity contribution >= 4 is 5.71 Å². The standard InChI is InChI=1S/C10H19FN2/c1-5-10(13-12-4)7-9(11)6-8(2)3/h7-8,12H,5-6H2,1-4H3/b9-7+,13-10+. The van der Waals surface area contributed by atoms with Crippen molar-refractivity contribution in [2.45, 2.75) is 33.6 Å². The van der Waals surface area contributed by atoms with Gasteiger partial charge in [0.1, 0.15) is 5.83 Å². The molecule has 3 heteroatoms. The lowest BCUT2D eigenvalue weighted by Gasteiger charge is -2.02. The Balaban J connectivity index is 4.24. The summed E-state index contributed by atoms with van der Waals surface area (Å²) in [7, 11) is 1.71. The van der Waals surface area contributed by atoms with Gasteiger partial charge in [0.2, 0.25) is 0 Å². The van der Waals surface area contributed by atoms with Gasteiger partial charge in [0.15, 0.2) is 0 Å². The molecule has 0 aromatic rings. The average molecular weight is 186 g/mol. The number of allylic oxidation sites excluding steroid dienone is 2. The van der Waals surface area contributed by atoms with Crippen LogP contribution in [-0.4, -0.2) is 12.8 Å². The van der Waals surface area contributed by atoms with Crippen molar-refractivity contribution in [1.82, 2.24) is 5.43 Å². The van der Waals surface area contributed by atoms with E-state index in [2.05, 4.69) is 10.5 Å². The van der Waals surface area contributed by atoms with Gasteiger partial charge in [0, 0.05) is 13.5 Å². The topological polar surface area (TPSA) is 24.4 Å². The highest BCUT2D eigenvalue weighted by Gasteiger charge is 2.01. The van der Waals surface area contributed by atoms with Crippen LogP contribution in [0.4, 0.5) is 4.39 Å². The van der Waals surface area contributed by atoms with E-state index >= 15 is 0 Å². The lowest BCUT2D eigenvalue weighted by Crippen LogP contribution is -2.02. The summed E-state index contributed by atoms with van der Waals surface area (Å²) in [6.45, 7) is 5.94. The summed E-state index contributed by atoms with van der Waals surface area (Å²) >= 11 is 0. The minimum Gasteiger partial charge on any atom is -0.313 e. The minimum atomic E-state index is -0.0918. The molecule has 0 aromatic carbocycles. The normalized spacial score (nSPS) is 13.7. The Kier molecular flexibility index (Phi) is 6.20. The monoisotopic (exact) mass is 186 g/mol. The quantitative estimate of drug-likeness (QED) is 0.518. The van der Waals surface area contributed by atoms with Gasteiger partial charge < -0.3 is 5.43 Å². The Morgan fingerprint density at radius 3 is 2.54 bits per heavy atom. The second-order valence-electron chi connectivity index (χ2n) is 3.37. The summed E-state index contributed by atoms with van der Waals surface area (Å²) in [5.74, 6) is 0.259. The first-order valence-corrected chi connectivity index (χ1v) is 4.69. The van der Waals surface area contributed by atoms with Gasteiger partial charge >= 0.3 is 0 Å². The molecule has 1 N–H and O–H groups in total. The summed E-state index contributed by atoms with van der Waals surface area (Å²) in [4.78, 5) is 0. The molecule has 0 aliphatic carbocycles. The molecule has 0 radical (unpaired) electrons. The zero-order valence-electron chi connectivity index (χ0n) is 8.89. The van der Waals surface area contributed by atoms with E-state index in [1.165, 1.54) is 6.08 Å². The van der Waals surface area contributed by atoms with Crippen molar-refractivity contribution in [3.05, 3.63) is 11.9 Å². The minimum absolute atomic E-state index is 0.0918. The maximum atomic E-state index is 13.2. The number of hydrogen-bond acceptors (Lipinski definition) is 2. The molecule has 0 spiro atoms. The Morgan fingerprint density at radius 1 is 1.54 bits per heavy atom. The van der Waals surface area contributed by atoms with Gasteiger partial charge in [0.05, 0.1) is 5.71 Å². The summed E-state index contributed by atoms with van der Waals surface area (Å²) in [6.07, 6.45) is 2.74. The van der Waals surface area contributed by atoms with Crippen LogP contribution in [0.1, 0.15) is 33.6 Å². The number of nitrogens with one attached hydrogen (secondary N) is 1. The van der Waals surface area contributed by atoms with Crippen LogP contribution in [0.3, 0.4) is 0 Å². The maximum Gasteiger partial charge on any atom is 0.102 e. The van der Waals surface area contributed by atoms with Crippen LogP contribution < -0.4 is 5.43 Å². The predicted octanol–water partition coefficient (Wildman–Crippen LogP) is 2.87. The lowest BCUT2D eigenvalue weighted by molar-refractivity contribution is 0.517. The number of hydrogen-bond donors (Lipinski definition) is 1. The van der Waals surface area contributed by atoms with Gasteiger partial charge in [0.25, 0.3) is 0 Å². The van der Waals surface area contributed by atoms with Gasteiger partial charge in [-0.3, -0.25) is 0 Å². The number of nitrogens with zero attached hydrogens (tertiary/aromatic N) is 1. The molecule has 0 aliphatic rings. The zero-order chi connectivity index (χ0) is 10.3. The summed E-state index contributed by atoms with van der Waals surface area (Å²) in [6, 6.07) is 0. The van der Waals surface area contributed by atoms with Gasteiger partial charge in [-0.15, -0.1) is 0 Å². The number of halogens is 1. The summed E-state index contributed by atoms with van der Waals surface area (Å²) < 4.78 is 13.2. The van der Waals surface area contributed by atoms with Crippen LogP contribution in [0.25, 0.3) is 0 Å². The molecule has 0 amide bonds. The highest BCUT2D eigenvalue weighted by Crippen LogP contribution is 2.12. The fourth-order valence-corrected chi connectivity index (χ4v) is 0.987. The second kappa shape index (κ2) is 6.63. The predicted molar refractivity (Wildman–Crippen MR) is 55.4 cm³/mol. The molecule has 2 nitrogen and oxygen atoms in total. The Hall–Kier alpha value is -0.860. The van der Waals surface area contributed by atoms with Crippen molar-refractivity contribution in [3.63, 3.8) is 0 Å². The first-order chi connectivity index (χ1) is 6.10. The maximum absolute atomic E-state index is 13.2. The van der Waals surface area contributed by atoms with E-state index in [4.69, 9.17) is 0 Å². The molecule has 0 rings (SSSR count). The molecular weight excluding hydrogens is 167 g/mol. The molecule has 13 heavy (non-hydrogen) atoms. The van der Waals surface area contributed by atoms with Crippen molar-refractivity contribution in [1.29, 1.82) is 0 Å². The van der Waals surface area contributed by atoms with Crippen molar-refractivity contribution in [2.75, 3.05) is 7.05 Å². The Morgan fingerprint density at radius 2 is 2.15 bits per heavy atom. The molecule has 0 bridgehead atoms. The molecule has 0 saturated carbocycles. The summed E-state index contributed by atoms with van der Waals surface area (Å²) in [5.41, 5.74) is 3.40. The lowest BCUT2D eigenvalue weighted by atomic mass is 10.1. The first kappa shape index (κ1) is 12.1. The largest absolute Gasteiger partial charge is 0.313 e. The van der Waals surface area contributed by atoms with Crippen LogP contribution in [0, 0.1) is 5.92 Å².